The van der Waals surface area contributed by atoms with E-state index in [0.717, 1.165) is 45.1 Å². The van der Waals surface area contributed by atoms with Crippen LogP contribution in [0.2, 0.25) is 0 Å². The van der Waals surface area contributed by atoms with Crippen LogP contribution in [-0.2, 0) is 0 Å². The quantitative estimate of drug-likeness (QED) is 0.0860. The Balaban J connectivity index is 1.50. The second kappa shape index (κ2) is 20.6. The molecule has 0 aliphatic rings. The largest absolute Gasteiger partial charge is 0.488 e. The molecule has 0 bridgehead atoms. The fourth-order valence-corrected chi connectivity index (χ4v) is 8.67. The van der Waals surface area contributed by atoms with E-state index in [1.807, 2.05) is 0 Å². The number of thiophene rings is 2. The molecular weight excluding hydrogens is 664 g/mol. The number of benzene rings is 1. The molecule has 0 atom stereocenters. The highest BCUT2D eigenvalue weighted by atomic mass is 79.9. The molecule has 3 aromatic rings. The van der Waals surface area contributed by atoms with Gasteiger partial charge in [-0.2, -0.15) is 0 Å². The second-order valence-corrected chi connectivity index (χ2v) is 16.2. The number of halogens is 2. The topological polar surface area (TPSA) is 18.5 Å². The van der Waals surface area contributed by atoms with Crippen LogP contribution in [0.5, 0.6) is 11.5 Å². The van der Waals surface area contributed by atoms with Crippen LogP contribution in [-0.4, -0.2) is 13.2 Å². The van der Waals surface area contributed by atoms with Gasteiger partial charge >= 0.3 is 0 Å². The molecule has 0 radical (unpaired) electrons. The van der Waals surface area contributed by atoms with Crippen molar-refractivity contribution >= 4 is 74.7 Å². The number of rotatable bonds is 24. The van der Waals surface area contributed by atoms with Gasteiger partial charge in [0.1, 0.15) is 0 Å². The van der Waals surface area contributed by atoms with Gasteiger partial charge in [-0.3, -0.25) is 0 Å². The van der Waals surface area contributed by atoms with Gasteiger partial charge in [0.15, 0.2) is 11.5 Å². The van der Waals surface area contributed by atoms with Gasteiger partial charge in [-0.05, 0) is 56.8 Å². The molecule has 0 saturated heterocycles. The monoisotopic (exact) mass is 714 g/mol. The SMILES string of the molecule is CCCCCCCCCCCCOc1c(OCCCCCCCCCCCC)c2sc(Br)cc2c2cc(Br)sc12. The van der Waals surface area contributed by atoms with Gasteiger partial charge in [0.05, 0.1) is 30.2 Å². The summed E-state index contributed by atoms with van der Waals surface area (Å²) in [6.07, 6.45) is 26.7. The van der Waals surface area contributed by atoms with Crippen molar-refractivity contribution in [1.29, 1.82) is 0 Å². The molecule has 0 amide bonds. The first kappa shape index (κ1) is 34.2. The molecule has 40 heavy (non-hydrogen) atoms. The minimum atomic E-state index is 0.758. The minimum absolute atomic E-state index is 0.758. The van der Waals surface area contributed by atoms with Crippen LogP contribution in [0.1, 0.15) is 142 Å². The van der Waals surface area contributed by atoms with Crippen LogP contribution >= 0.6 is 54.5 Å². The number of hydrogen-bond acceptors (Lipinski definition) is 4. The third kappa shape index (κ3) is 11.8. The average Bonchev–Trinajstić information content (AvgIpc) is 3.53. The second-order valence-electron chi connectivity index (χ2n) is 11.3. The average molecular weight is 717 g/mol. The molecule has 6 heteroatoms. The molecule has 0 unspecified atom stereocenters. The number of ether oxygens (including phenoxy) is 2. The van der Waals surface area contributed by atoms with Crippen LogP contribution in [0.15, 0.2) is 19.7 Å². The van der Waals surface area contributed by atoms with Gasteiger partial charge in [0.25, 0.3) is 0 Å². The Morgan fingerprint density at radius 3 is 1.10 bits per heavy atom. The van der Waals surface area contributed by atoms with E-state index < -0.39 is 0 Å². The van der Waals surface area contributed by atoms with Crippen molar-refractivity contribution in [3.63, 3.8) is 0 Å². The van der Waals surface area contributed by atoms with Crippen LogP contribution in [0.3, 0.4) is 0 Å². The lowest BCUT2D eigenvalue weighted by molar-refractivity contribution is 0.264. The molecule has 2 nitrogen and oxygen atoms in total. The highest BCUT2D eigenvalue weighted by Crippen LogP contribution is 2.51. The highest BCUT2D eigenvalue weighted by molar-refractivity contribution is 9.11. The smallest absolute Gasteiger partial charge is 0.180 e. The van der Waals surface area contributed by atoms with Gasteiger partial charge in [-0.25, -0.2) is 0 Å². The van der Waals surface area contributed by atoms with Gasteiger partial charge in [-0.15, -0.1) is 22.7 Å². The molecule has 2 aromatic heterocycles. The zero-order valence-corrected chi connectivity index (χ0v) is 29.9. The maximum atomic E-state index is 6.56. The first-order chi connectivity index (χ1) is 19.7. The normalized spacial score (nSPS) is 11.7. The molecule has 2 heterocycles. The zero-order valence-electron chi connectivity index (χ0n) is 25.1. The first-order valence-electron chi connectivity index (χ1n) is 16.2. The van der Waals surface area contributed by atoms with E-state index >= 15 is 0 Å². The van der Waals surface area contributed by atoms with Crippen LogP contribution in [0.4, 0.5) is 0 Å². The van der Waals surface area contributed by atoms with Crippen molar-refractivity contribution in [2.75, 3.05) is 13.2 Å². The van der Waals surface area contributed by atoms with Crippen molar-refractivity contribution in [1.82, 2.24) is 0 Å². The summed E-state index contributed by atoms with van der Waals surface area (Å²) in [6.45, 7) is 6.09. The van der Waals surface area contributed by atoms with Crippen LogP contribution in [0.25, 0.3) is 20.2 Å². The minimum Gasteiger partial charge on any atom is -0.488 e. The molecule has 0 aliphatic heterocycles. The lowest BCUT2D eigenvalue weighted by atomic mass is 10.1. The molecule has 3 rings (SSSR count). The predicted octanol–water partition coefficient (Wildman–Crippen LogP) is 14.2. The van der Waals surface area contributed by atoms with E-state index in [4.69, 9.17) is 9.47 Å². The summed E-state index contributed by atoms with van der Waals surface area (Å²) in [5, 5.41) is 2.52. The van der Waals surface area contributed by atoms with Gasteiger partial charge in [0.2, 0.25) is 0 Å². The maximum Gasteiger partial charge on any atom is 0.180 e. The van der Waals surface area contributed by atoms with Crippen molar-refractivity contribution in [3.8, 4) is 11.5 Å². The van der Waals surface area contributed by atoms with Crippen LogP contribution < -0.4 is 9.47 Å². The number of hydrogen-bond donors (Lipinski definition) is 0. The molecule has 226 valence electrons. The molecule has 1 aromatic carbocycles. The fraction of sp³-hybridized carbons (Fsp3) is 0.706. The third-order valence-electron chi connectivity index (χ3n) is 7.80. The van der Waals surface area contributed by atoms with Gasteiger partial charge in [-0.1, -0.05) is 129 Å². The molecule has 0 aliphatic carbocycles. The Labute approximate surface area is 269 Å². The maximum absolute atomic E-state index is 6.56. The predicted molar refractivity (Wildman–Crippen MR) is 187 cm³/mol. The summed E-state index contributed by atoms with van der Waals surface area (Å²) < 4.78 is 17.8. The summed E-state index contributed by atoms with van der Waals surface area (Å²) in [5.41, 5.74) is 0. The zero-order chi connectivity index (χ0) is 28.4. The van der Waals surface area contributed by atoms with E-state index in [0.29, 0.717) is 0 Å². The van der Waals surface area contributed by atoms with E-state index in [2.05, 4.69) is 57.8 Å². The highest BCUT2D eigenvalue weighted by Gasteiger charge is 2.21. The Kier molecular flexibility index (Phi) is 17.6. The molecule has 0 fully saturated rings. The van der Waals surface area contributed by atoms with Crippen molar-refractivity contribution in [2.45, 2.75) is 142 Å². The van der Waals surface area contributed by atoms with Crippen molar-refractivity contribution in [3.05, 3.63) is 19.7 Å². The first-order valence-corrected chi connectivity index (χ1v) is 19.5. The Morgan fingerprint density at radius 2 is 0.775 bits per heavy atom. The summed E-state index contributed by atoms with van der Waals surface area (Å²) in [5.74, 6) is 1.91. The van der Waals surface area contributed by atoms with E-state index in [1.165, 1.54) is 136 Å². The molecular formula is C34H52Br2O2S2. The van der Waals surface area contributed by atoms with E-state index in [9.17, 15) is 0 Å². The lowest BCUT2D eigenvalue weighted by Crippen LogP contribution is -2.03. The Morgan fingerprint density at radius 1 is 0.475 bits per heavy atom. The van der Waals surface area contributed by atoms with Gasteiger partial charge < -0.3 is 9.47 Å². The summed E-state index contributed by atoms with van der Waals surface area (Å²) in [6, 6.07) is 4.47. The van der Waals surface area contributed by atoms with E-state index in [-0.39, 0.29) is 0 Å². The van der Waals surface area contributed by atoms with E-state index in [1.54, 1.807) is 22.7 Å². The summed E-state index contributed by atoms with van der Waals surface area (Å²) in [7, 11) is 0. The Bertz CT molecular complexity index is 1010. The van der Waals surface area contributed by atoms with Crippen molar-refractivity contribution < 1.29 is 9.47 Å². The fourth-order valence-electron chi connectivity index (χ4n) is 5.46. The summed E-state index contributed by atoms with van der Waals surface area (Å²) >= 11 is 11.0. The van der Waals surface area contributed by atoms with Crippen molar-refractivity contribution in [2.24, 2.45) is 0 Å². The standard InChI is InChI=1S/C34H52Br2O2S2/c1-3-5-7-9-11-13-15-17-19-21-23-37-31-32(38-24-22-20-18-16-14-12-10-8-6-4-2)34-28(26-30(36)40-34)27-25-29(35)39-33(27)31/h25-26H,3-24H2,1-2H3. The molecule has 0 saturated carbocycles. The van der Waals surface area contributed by atoms with Crippen LogP contribution in [0, 0.1) is 0 Å². The Hall–Kier alpha value is -0.300. The number of unbranched alkanes of at least 4 members (excludes halogenated alkanes) is 18. The summed E-state index contributed by atoms with van der Waals surface area (Å²) in [4.78, 5) is 0. The molecule has 0 spiro atoms. The number of fused-ring (bicyclic) bond motifs is 3. The molecule has 0 N–H and O–H groups in total. The lowest BCUT2D eigenvalue weighted by Gasteiger charge is -2.15. The van der Waals surface area contributed by atoms with Gasteiger partial charge in [0, 0.05) is 10.8 Å². The third-order valence-corrected chi connectivity index (χ3v) is 11.1.